The molecule has 0 aromatic heterocycles. The normalized spacial score (nSPS) is 19.1. The van der Waals surface area contributed by atoms with E-state index in [4.69, 9.17) is 0 Å². The minimum absolute atomic E-state index is 0.514. The largest absolute Gasteiger partial charge is 0.317 e. The Morgan fingerprint density at radius 1 is 1.22 bits per heavy atom. The van der Waals surface area contributed by atoms with Crippen LogP contribution in [0.15, 0.2) is 24.3 Å². The standard InChI is InChI=1S/C16H26N2/c1-13-4-6-16(7-5-13)14(2)18(3)12-15-8-10-17-11-9-15/h4-7,14-15,17H,8-12H2,1-3H3. The van der Waals surface area contributed by atoms with Gasteiger partial charge < -0.3 is 5.32 Å². The van der Waals surface area contributed by atoms with Crippen LogP contribution in [0, 0.1) is 12.8 Å². The number of hydrogen-bond donors (Lipinski definition) is 1. The van der Waals surface area contributed by atoms with Crippen molar-refractivity contribution < 1.29 is 0 Å². The van der Waals surface area contributed by atoms with Crippen molar-refractivity contribution in [3.8, 4) is 0 Å². The maximum Gasteiger partial charge on any atom is 0.0316 e. The maximum atomic E-state index is 3.44. The highest BCUT2D eigenvalue weighted by Crippen LogP contribution is 2.22. The molecule has 1 fully saturated rings. The second kappa shape index (κ2) is 6.35. The summed E-state index contributed by atoms with van der Waals surface area (Å²) in [5.74, 6) is 0.865. The molecule has 2 heteroatoms. The van der Waals surface area contributed by atoms with Crippen LogP contribution < -0.4 is 5.32 Å². The first kappa shape index (κ1) is 13.6. The molecule has 1 saturated heterocycles. The average Bonchev–Trinajstić information content (AvgIpc) is 2.40. The van der Waals surface area contributed by atoms with Crippen molar-refractivity contribution in [1.82, 2.24) is 10.2 Å². The third kappa shape index (κ3) is 3.56. The van der Waals surface area contributed by atoms with Gasteiger partial charge in [0.1, 0.15) is 0 Å². The second-order valence-corrected chi connectivity index (χ2v) is 5.72. The summed E-state index contributed by atoms with van der Waals surface area (Å²) < 4.78 is 0. The van der Waals surface area contributed by atoms with Gasteiger partial charge in [0, 0.05) is 12.6 Å². The van der Waals surface area contributed by atoms with E-state index in [1.165, 1.54) is 43.6 Å². The van der Waals surface area contributed by atoms with E-state index < -0.39 is 0 Å². The first-order valence-electron chi connectivity index (χ1n) is 7.14. The van der Waals surface area contributed by atoms with E-state index in [1.54, 1.807) is 0 Å². The van der Waals surface area contributed by atoms with Gasteiger partial charge in [0.15, 0.2) is 0 Å². The highest BCUT2D eigenvalue weighted by Gasteiger charge is 2.18. The molecule has 18 heavy (non-hydrogen) atoms. The molecule has 1 aliphatic heterocycles. The lowest BCUT2D eigenvalue weighted by Gasteiger charge is -2.31. The monoisotopic (exact) mass is 246 g/mol. The molecular weight excluding hydrogens is 220 g/mol. The topological polar surface area (TPSA) is 15.3 Å². The van der Waals surface area contributed by atoms with Gasteiger partial charge in [0.2, 0.25) is 0 Å². The van der Waals surface area contributed by atoms with Crippen LogP contribution in [0.25, 0.3) is 0 Å². The SMILES string of the molecule is Cc1ccc(C(C)N(C)CC2CCNCC2)cc1. The van der Waals surface area contributed by atoms with Crippen LogP contribution in [0.3, 0.4) is 0 Å². The minimum Gasteiger partial charge on any atom is -0.317 e. The fourth-order valence-electron chi connectivity index (χ4n) is 2.73. The van der Waals surface area contributed by atoms with E-state index in [0.29, 0.717) is 6.04 Å². The molecule has 0 spiro atoms. The molecule has 0 aliphatic carbocycles. The minimum atomic E-state index is 0.514. The predicted molar refractivity (Wildman–Crippen MR) is 77.8 cm³/mol. The molecule has 1 unspecified atom stereocenters. The molecular formula is C16H26N2. The number of rotatable bonds is 4. The van der Waals surface area contributed by atoms with Crippen LogP contribution in [0.4, 0.5) is 0 Å². The van der Waals surface area contributed by atoms with Gasteiger partial charge in [-0.2, -0.15) is 0 Å². The lowest BCUT2D eigenvalue weighted by Crippen LogP contribution is -2.35. The molecule has 1 aromatic carbocycles. The number of hydrogen-bond acceptors (Lipinski definition) is 2. The molecule has 0 radical (unpaired) electrons. The van der Waals surface area contributed by atoms with Crippen LogP contribution in [0.1, 0.15) is 36.9 Å². The van der Waals surface area contributed by atoms with Gasteiger partial charge in [-0.25, -0.2) is 0 Å². The molecule has 1 atom stereocenters. The number of nitrogens with zero attached hydrogens (tertiary/aromatic N) is 1. The van der Waals surface area contributed by atoms with E-state index in [-0.39, 0.29) is 0 Å². The highest BCUT2D eigenvalue weighted by atomic mass is 15.1. The van der Waals surface area contributed by atoms with E-state index >= 15 is 0 Å². The summed E-state index contributed by atoms with van der Waals surface area (Å²) in [4.78, 5) is 2.50. The smallest absolute Gasteiger partial charge is 0.0316 e. The molecule has 0 saturated carbocycles. The lowest BCUT2D eigenvalue weighted by atomic mass is 9.96. The second-order valence-electron chi connectivity index (χ2n) is 5.72. The van der Waals surface area contributed by atoms with Gasteiger partial charge in [0.05, 0.1) is 0 Å². The molecule has 1 N–H and O–H groups in total. The van der Waals surface area contributed by atoms with Crippen molar-refractivity contribution in [3.05, 3.63) is 35.4 Å². The lowest BCUT2D eigenvalue weighted by molar-refractivity contribution is 0.196. The van der Waals surface area contributed by atoms with Gasteiger partial charge in [-0.1, -0.05) is 29.8 Å². The van der Waals surface area contributed by atoms with Crippen LogP contribution in [-0.2, 0) is 0 Å². The maximum absolute atomic E-state index is 3.44. The van der Waals surface area contributed by atoms with Gasteiger partial charge in [-0.05, 0) is 58.3 Å². The Morgan fingerprint density at radius 2 is 1.83 bits per heavy atom. The zero-order valence-corrected chi connectivity index (χ0v) is 11.9. The third-order valence-corrected chi connectivity index (χ3v) is 4.23. The number of nitrogens with one attached hydrogen (secondary N) is 1. The first-order chi connectivity index (χ1) is 8.66. The van der Waals surface area contributed by atoms with Crippen LogP contribution in [0.2, 0.25) is 0 Å². The van der Waals surface area contributed by atoms with Crippen molar-refractivity contribution in [1.29, 1.82) is 0 Å². The summed E-state index contributed by atoms with van der Waals surface area (Å²) in [6.07, 6.45) is 2.65. The molecule has 1 aromatic rings. The summed E-state index contributed by atoms with van der Waals surface area (Å²) in [7, 11) is 2.26. The first-order valence-corrected chi connectivity index (χ1v) is 7.14. The molecule has 1 aliphatic rings. The highest BCUT2D eigenvalue weighted by molar-refractivity contribution is 5.23. The van der Waals surface area contributed by atoms with Crippen molar-refractivity contribution in [2.75, 3.05) is 26.7 Å². The van der Waals surface area contributed by atoms with Crippen LogP contribution in [0.5, 0.6) is 0 Å². The zero-order valence-electron chi connectivity index (χ0n) is 11.9. The van der Waals surface area contributed by atoms with Crippen LogP contribution >= 0.6 is 0 Å². The van der Waals surface area contributed by atoms with E-state index in [0.717, 1.165) is 5.92 Å². The van der Waals surface area contributed by atoms with E-state index in [2.05, 4.69) is 55.4 Å². The number of piperidine rings is 1. The molecule has 0 amide bonds. The van der Waals surface area contributed by atoms with E-state index in [1.807, 2.05) is 0 Å². The Bertz CT molecular complexity index is 352. The fourth-order valence-corrected chi connectivity index (χ4v) is 2.73. The average molecular weight is 246 g/mol. The number of benzene rings is 1. The van der Waals surface area contributed by atoms with Gasteiger partial charge >= 0.3 is 0 Å². The summed E-state index contributed by atoms with van der Waals surface area (Å²) in [5, 5.41) is 3.44. The molecule has 1 heterocycles. The van der Waals surface area contributed by atoms with Crippen LogP contribution in [-0.4, -0.2) is 31.6 Å². The van der Waals surface area contributed by atoms with E-state index in [9.17, 15) is 0 Å². The Hall–Kier alpha value is -0.860. The Balaban J connectivity index is 1.91. The molecule has 2 nitrogen and oxygen atoms in total. The van der Waals surface area contributed by atoms with Gasteiger partial charge in [-0.3, -0.25) is 4.90 Å². The summed E-state index contributed by atoms with van der Waals surface area (Å²) >= 11 is 0. The van der Waals surface area contributed by atoms with Gasteiger partial charge in [-0.15, -0.1) is 0 Å². The van der Waals surface area contributed by atoms with Crippen molar-refractivity contribution >= 4 is 0 Å². The summed E-state index contributed by atoms with van der Waals surface area (Å²) in [5.41, 5.74) is 2.77. The zero-order chi connectivity index (χ0) is 13.0. The Morgan fingerprint density at radius 3 is 2.44 bits per heavy atom. The molecule has 100 valence electrons. The fraction of sp³-hybridized carbons (Fsp3) is 0.625. The Labute approximate surface area is 111 Å². The predicted octanol–water partition coefficient (Wildman–Crippen LogP) is 2.99. The van der Waals surface area contributed by atoms with Crippen molar-refractivity contribution in [2.45, 2.75) is 32.7 Å². The van der Waals surface area contributed by atoms with Gasteiger partial charge in [0.25, 0.3) is 0 Å². The molecule has 0 bridgehead atoms. The van der Waals surface area contributed by atoms with Crippen molar-refractivity contribution in [3.63, 3.8) is 0 Å². The summed E-state index contributed by atoms with van der Waals surface area (Å²) in [6, 6.07) is 9.46. The third-order valence-electron chi connectivity index (χ3n) is 4.23. The number of aryl methyl sites for hydroxylation is 1. The summed E-state index contributed by atoms with van der Waals surface area (Å²) in [6.45, 7) is 8.06. The van der Waals surface area contributed by atoms with Crippen molar-refractivity contribution in [2.24, 2.45) is 5.92 Å². The molecule has 2 rings (SSSR count). The quantitative estimate of drug-likeness (QED) is 0.878. The Kier molecular flexibility index (Phi) is 4.79.